The predicted octanol–water partition coefficient (Wildman–Crippen LogP) is 2.37. The molecule has 0 unspecified atom stereocenters. The van der Waals surface area contributed by atoms with Crippen LogP contribution in [0.15, 0.2) is 35.1 Å². The predicted molar refractivity (Wildman–Crippen MR) is 71.7 cm³/mol. The molecule has 1 N–H and O–H groups in total. The topological polar surface area (TPSA) is 59.2 Å². The van der Waals surface area contributed by atoms with E-state index in [0.717, 1.165) is 30.2 Å². The third-order valence-electron chi connectivity index (χ3n) is 3.64. The quantitative estimate of drug-likeness (QED) is 0.859. The lowest BCUT2D eigenvalue weighted by molar-refractivity contribution is -0.152. The number of carbonyl (C=O) groups excluding carboxylic acids is 1. The van der Waals surface area contributed by atoms with Gasteiger partial charge in [0.05, 0.1) is 11.5 Å². The van der Waals surface area contributed by atoms with Crippen LogP contribution in [0, 0.1) is 5.92 Å². The largest absolute Gasteiger partial charge is 0.460 e. The molecule has 2 aromatic rings. The van der Waals surface area contributed by atoms with Crippen molar-refractivity contribution >= 4 is 16.9 Å². The minimum Gasteiger partial charge on any atom is -0.460 e. The number of rotatable bonds is 3. The highest BCUT2D eigenvalue weighted by molar-refractivity contribution is 5.78. The number of nitrogens with one attached hydrogen (secondary N) is 1. The minimum atomic E-state index is -0.194. The summed E-state index contributed by atoms with van der Waals surface area (Å²) in [6, 6.07) is 9.32. The Labute approximate surface area is 110 Å². The lowest BCUT2D eigenvalue weighted by Gasteiger charge is -2.22. The minimum absolute atomic E-state index is 0.0412. The van der Waals surface area contributed by atoms with Crippen LogP contribution in [-0.4, -0.2) is 11.0 Å². The lowest BCUT2D eigenvalue weighted by atomic mass is 9.86. The summed E-state index contributed by atoms with van der Waals surface area (Å²) >= 11 is 0. The van der Waals surface area contributed by atoms with Gasteiger partial charge in [-0.2, -0.15) is 0 Å². The van der Waals surface area contributed by atoms with Gasteiger partial charge in [0.1, 0.15) is 6.61 Å². The zero-order valence-electron chi connectivity index (χ0n) is 10.5. The summed E-state index contributed by atoms with van der Waals surface area (Å²) in [6.07, 6.45) is 2.91. The molecule has 4 heteroatoms. The van der Waals surface area contributed by atoms with Gasteiger partial charge in [-0.05, 0) is 30.4 Å². The number of ether oxygens (including phenoxy) is 1. The first-order valence-corrected chi connectivity index (χ1v) is 6.51. The summed E-state index contributed by atoms with van der Waals surface area (Å²) in [5.74, 6) is -0.140. The highest BCUT2D eigenvalue weighted by Gasteiger charge is 2.26. The van der Waals surface area contributed by atoms with Gasteiger partial charge in [-0.1, -0.05) is 24.6 Å². The first kappa shape index (κ1) is 12.0. The smallest absolute Gasteiger partial charge is 0.309 e. The standard InChI is InChI=1S/C15H15NO3/c17-14-12(9-19-15(18)10-5-3-6-10)8-11-4-1-2-7-13(11)16-14/h1-2,4,7-8,10H,3,5-6,9H2,(H,16,17). The van der Waals surface area contributed by atoms with Crippen LogP contribution in [0.4, 0.5) is 0 Å². The zero-order chi connectivity index (χ0) is 13.2. The third kappa shape index (κ3) is 2.38. The van der Waals surface area contributed by atoms with Gasteiger partial charge < -0.3 is 9.72 Å². The van der Waals surface area contributed by atoms with Crippen LogP contribution in [0.2, 0.25) is 0 Å². The van der Waals surface area contributed by atoms with Gasteiger partial charge in [0.15, 0.2) is 0 Å². The fourth-order valence-electron chi connectivity index (χ4n) is 2.21. The molecular formula is C15H15NO3. The molecule has 0 saturated heterocycles. The van der Waals surface area contributed by atoms with E-state index in [1.54, 1.807) is 6.07 Å². The van der Waals surface area contributed by atoms with Crippen LogP contribution in [0.1, 0.15) is 24.8 Å². The summed E-state index contributed by atoms with van der Waals surface area (Å²) in [7, 11) is 0. The SMILES string of the molecule is O=C(OCc1cc2ccccc2[nH]c1=O)C1CCC1. The number of hydrogen-bond donors (Lipinski definition) is 1. The van der Waals surface area contributed by atoms with E-state index < -0.39 is 0 Å². The molecule has 0 atom stereocenters. The van der Waals surface area contributed by atoms with Gasteiger partial charge in [-0.15, -0.1) is 0 Å². The van der Waals surface area contributed by atoms with Crippen molar-refractivity contribution in [3.8, 4) is 0 Å². The van der Waals surface area contributed by atoms with Gasteiger partial charge in [0.2, 0.25) is 0 Å². The maximum absolute atomic E-state index is 11.9. The van der Waals surface area contributed by atoms with E-state index in [4.69, 9.17) is 4.74 Å². The van der Waals surface area contributed by atoms with Crippen LogP contribution in [0.5, 0.6) is 0 Å². The van der Waals surface area contributed by atoms with Crippen molar-refractivity contribution in [2.45, 2.75) is 25.9 Å². The maximum Gasteiger partial charge on any atom is 0.309 e. The number of benzene rings is 1. The van der Waals surface area contributed by atoms with E-state index in [-0.39, 0.29) is 24.1 Å². The van der Waals surface area contributed by atoms with Gasteiger partial charge in [0, 0.05) is 5.52 Å². The number of aromatic amines is 1. The molecule has 1 aliphatic rings. The number of aromatic nitrogens is 1. The second-order valence-electron chi connectivity index (χ2n) is 4.95. The van der Waals surface area contributed by atoms with E-state index in [1.165, 1.54) is 0 Å². The fraction of sp³-hybridized carbons (Fsp3) is 0.333. The molecule has 4 nitrogen and oxygen atoms in total. The normalized spacial score (nSPS) is 15.2. The van der Waals surface area contributed by atoms with Crippen molar-refractivity contribution in [3.05, 3.63) is 46.2 Å². The first-order chi connectivity index (χ1) is 9.24. The van der Waals surface area contributed by atoms with Crippen molar-refractivity contribution in [2.75, 3.05) is 0 Å². The molecule has 1 fully saturated rings. The van der Waals surface area contributed by atoms with Crippen molar-refractivity contribution in [1.29, 1.82) is 0 Å². The number of carbonyl (C=O) groups is 1. The van der Waals surface area contributed by atoms with Crippen LogP contribution in [0.25, 0.3) is 10.9 Å². The molecule has 0 amide bonds. The molecule has 1 saturated carbocycles. The second-order valence-corrected chi connectivity index (χ2v) is 4.95. The molecule has 1 aromatic carbocycles. The van der Waals surface area contributed by atoms with Crippen LogP contribution in [0.3, 0.4) is 0 Å². The summed E-state index contributed by atoms with van der Waals surface area (Å²) in [6.45, 7) is 0.0511. The van der Waals surface area contributed by atoms with Gasteiger partial charge in [-0.25, -0.2) is 0 Å². The summed E-state index contributed by atoms with van der Waals surface area (Å²) in [5, 5.41) is 0.941. The van der Waals surface area contributed by atoms with Gasteiger partial charge in [-0.3, -0.25) is 9.59 Å². The number of H-pyrrole nitrogens is 1. The Hall–Kier alpha value is -2.10. The van der Waals surface area contributed by atoms with Crippen LogP contribution < -0.4 is 5.56 Å². The molecule has 1 aromatic heterocycles. The monoisotopic (exact) mass is 257 g/mol. The number of fused-ring (bicyclic) bond motifs is 1. The Kier molecular flexibility index (Phi) is 3.07. The van der Waals surface area contributed by atoms with E-state index >= 15 is 0 Å². The summed E-state index contributed by atoms with van der Waals surface area (Å²) < 4.78 is 5.20. The number of hydrogen-bond acceptors (Lipinski definition) is 3. The second kappa shape index (κ2) is 4.88. The van der Waals surface area contributed by atoms with E-state index in [9.17, 15) is 9.59 Å². The molecular weight excluding hydrogens is 242 g/mol. The average molecular weight is 257 g/mol. The van der Waals surface area contributed by atoms with Crippen molar-refractivity contribution in [1.82, 2.24) is 4.98 Å². The van der Waals surface area contributed by atoms with Crippen LogP contribution in [-0.2, 0) is 16.1 Å². The molecule has 1 heterocycles. The Morgan fingerprint density at radius 3 is 2.84 bits per heavy atom. The summed E-state index contributed by atoms with van der Waals surface area (Å²) in [4.78, 5) is 26.3. The number of pyridine rings is 1. The van der Waals surface area contributed by atoms with E-state index in [1.807, 2.05) is 24.3 Å². The lowest BCUT2D eigenvalue weighted by Crippen LogP contribution is -2.25. The Morgan fingerprint density at radius 1 is 1.32 bits per heavy atom. The van der Waals surface area contributed by atoms with Crippen molar-refractivity contribution < 1.29 is 9.53 Å². The van der Waals surface area contributed by atoms with Crippen molar-refractivity contribution in [2.24, 2.45) is 5.92 Å². The number of esters is 1. The Balaban J connectivity index is 1.78. The molecule has 0 radical (unpaired) electrons. The zero-order valence-corrected chi connectivity index (χ0v) is 10.5. The van der Waals surface area contributed by atoms with E-state index in [2.05, 4.69) is 4.98 Å². The molecule has 3 rings (SSSR count). The average Bonchev–Trinajstić information content (AvgIpc) is 2.34. The maximum atomic E-state index is 11.9. The molecule has 19 heavy (non-hydrogen) atoms. The van der Waals surface area contributed by atoms with Crippen molar-refractivity contribution in [3.63, 3.8) is 0 Å². The molecule has 1 aliphatic carbocycles. The fourth-order valence-corrected chi connectivity index (χ4v) is 2.21. The Bertz CT molecular complexity index is 670. The molecule has 0 bridgehead atoms. The van der Waals surface area contributed by atoms with E-state index in [0.29, 0.717) is 5.56 Å². The molecule has 0 spiro atoms. The Morgan fingerprint density at radius 2 is 2.11 bits per heavy atom. The highest BCUT2D eigenvalue weighted by atomic mass is 16.5. The third-order valence-corrected chi connectivity index (χ3v) is 3.64. The summed E-state index contributed by atoms with van der Waals surface area (Å²) in [5.41, 5.74) is 1.09. The van der Waals surface area contributed by atoms with Gasteiger partial charge in [0.25, 0.3) is 5.56 Å². The van der Waals surface area contributed by atoms with Crippen LogP contribution >= 0.6 is 0 Å². The van der Waals surface area contributed by atoms with Gasteiger partial charge >= 0.3 is 5.97 Å². The molecule has 0 aliphatic heterocycles. The highest BCUT2D eigenvalue weighted by Crippen LogP contribution is 2.27. The number of para-hydroxylation sites is 1. The first-order valence-electron chi connectivity index (χ1n) is 6.51. The molecule has 98 valence electrons.